The second-order valence-corrected chi connectivity index (χ2v) is 9.36. The van der Waals surface area contributed by atoms with Crippen LogP contribution in [0.5, 0.6) is 11.5 Å². The quantitative estimate of drug-likeness (QED) is 0.178. The van der Waals surface area contributed by atoms with Gasteiger partial charge in [0.2, 0.25) is 5.91 Å². The van der Waals surface area contributed by atoms with Crippen molar-refractivity contribution in [2.75, 3.05) is 32.2 Å². The first kappa shape index (κ1) is 26.7. The van der Waals surface area contributed by atoms with Crippen molar-refractivity contribution in [2.24, 2.45) is 0 Å². The Morgan fingerprint density at radius 1 is 1.14 bits per heavy atom. The molecule has 1 heterocycles. The van der Waals surface area contributed by atoms with E-state index in [4.69, 9.17) is 14.2 Å². The topological polar surface area (TPSA) is 123 Å². The van der Waals surface area contributed by atoms with Crippen LogP contribution in [0, 0.1) is 7.14 Å². The van der Waals surface area contributed by atoms with Crippen LogP contribution in [-0.4, -0.2) is 55.6 Å². The number of carbonyl (C=O) groups is 4. The fraction of sp³-hybridized carbons (Fsp3) is 0.217. The first-order chi connectivity index (χ1) is 16.7. The van der Waals surface area contributed by atoms with Gasteiger partial charge in [-0.3, -0.25) is 9.59 Å². The molecular formula is C23H21I2N3O7. The van der Waals surface area contributed by atoms with E-state index in [1.165, 1.54) is 13.2 Å². The number of hydrogen-bond donors (Lipinski definition) is 2. The minimum atomic E-state index is -0.699. The Morgan fingerprint density at radius 3 is 2.49 bits per heavy atom. The number of anilines is 1. The Morgan fingerprint density at radius 2 is 1.83 bits per heavy atom. The minimum Gasteiger partial charge on any atom is -0.495 e. The monoisotopic (exact) mass is 705 g/mol. The van der Waals surface area contributed by atoms with Gasteiger partial charge in [-0.05, 0) is 88.0 Å². The highest BCUT2D eigenvalue weighted by molar-refractivity contribution is 14.1. The predicted molar refractivity (Wildman–Crippen MR) is 144 cm³/mol. The molecule has 35 heavy (non-hydrogen) atoms. The Bertz CT molecular complexity index is 1180. The lowest BCUT2D eigenvalue weighted by molar-refractivity contribution is -0.145. The van der Waals surface area contributed by atoms with Gasteiger partial charge < -0.3 is 24.8 Å². The summed E-state index contributed by atoms with van der Waals surface area (Å²) in [4.78, 5) is 50.0. The Labute approximate surface area is 228 Å². The lowest BCUT2D eigenvalue weighted by Gasteiger charge is -2.13. The van der Waals surface area contributed by atoms with E-state index in [1.54, 1.807) is 43.3 Å². The summed E-state index contributed by atoms with van der Waals surface area (Å²) in [6.07, 6.45) is 1.51. The van der Waals surface area contributed by atoms with E-state index < -0.39 is 30.4 Å². The summed E-state index contributed by atoms with van der Waals surface area (Å²) in [5, 5.41) is 5.14. The standard InChI is InChI=1S/C23H21I2N3O7/c1-3-34-20(30)12-35-21-14(24)8-13(9-15(21)25)10-17-22(31)28(23(32)27-17)11-19(29)26-16-6-4-5-7-18(16)33-2/h4-10H,3,11-12H2,1-2H3,(H,26,29)(H,27,32)/b17-10+. The number of ether oxygens (including phenoxy) is 3. The fourth-order valence-electron chi connectivity index (χ4n) is 3.10. The van der Waals surface area contributed by atoms with Crippen LogP contribution < -0.4 is 20.1 Å². The molecule has 4 amide bonds. The Kier molecular flexibility index (Phi) is 9.31. The van der Waals surface area contributed by atoms with E-state index in [1.807, 2.05) is 0 Å². The van der Waals surface area contributed by atoms with Crippen molar-refractivity contribution < 1.29 is 33.4 Å². The van der Waals surface area contributed by atoms with Crippen molar-refractivity contribution in [1.29, 1.82) is 0 Å². The number of amides is 4. The van der Waals surface area contributed by atoms with E-state index >= 15 is 0 Å². The number of halogens is 2. The summed E-state index contributed by atoms with van der Waals surface area (Å²) in [6, 6.07) is 9.60. The number of rotatable bonds is 9. The predicted octanol–water partition coefficient (Wildman–Crippen LogP) is 3.38. The number of urea groups is 1. The zero-order valence-corrected chi connectivity index (χ0v) is 23.0. The summed E-state index contributed by atoms with van der Waals surface area (Å²) >= 11 is 4.11. The smallest absolute Gasteiger partial charge is 0.344 e. The van der Waals surface area contributed by atoms with Gasteiger partial charge in [0.25, 0.3) is 5.91 Å². The van der Waals surface area contributed by atoms with Gasteiger partial charge in [0.1, 0.15) is 23.7 Å². The van der Waals surface area contributed by atoms with E-state index in [9.17, 15) is 19.2 Å². The largest absolute Gasteiger partial charge is 0.495 e. The summed E-state index contributed by atoms with van der Waals surface area (Å²) in [7, 11) is 1.47. The van der Waals surface area contributed by atoms with Crippen LogP contribution in [0.25, 0.3) is 6.08 Å². The number of imide groups is 1. The summed E-state index contributed by atoms with van der Waals surface area (Å²) in [5.41, 5.74) is 1.09. The van der Waals surface area contributed by atoms with Gasteiger partial charge in [0.05, 0.1) is 26.5 Å². The lowest BCUT2D eigenvalue weighted by atomic mass is 10.2. The molecule has 0 spiro atoms. The van der Waals surface area contributed by atoms with Crippen molar-refractivity contribution in [3.63, 3.8) is 0 Å². The summed E-state index contributed by atoms with van der Waals surface area (Å²) in [6.45, 7) is 1.29. The number of methoxy groups -OCH3 is 1. The molecule has 1 saturated heterocycles. The van der Waals surface area contributed by atoms with Crippen LogP contribution in [-0.2, 0) is 19.1 Å². The molecule has 2 N–H and O–H groups in total. The lowest BCUT2D eigenvalue weighted by Crippen LogP contribution is -2.38. The Balaban J connectivity index is 1.70. The molecule has 0 aromatic heterocycles. The second-order valence-electron chi connectivity index (χ2n) is 7.04. The van der Waals surface area contributed by atoms with Crippen molar-refractivity contribution in [3.05, 3.63) is 54.8 Å². The van der Waals surface area contributed by atoms with Crippen LogP contribution >= 0.6 is 45.2 Å². The van der Waals surface area contributed by atoms with E-state index in [-0.39, 0.29) is 18.9 Å². The first-order valence-electron chi connectivity index (χ1n) is 10.3. The molecule has 0 atom stereocenters. The molecule has 0 saturated carbocycles. The number of esters is 1. The highest BCUT2D eigenvalue weighted by Gasteiger charge is 2.35. The molecule has 3 rings (SSSR count). The zero-order chi connectivity index (χ0) is 25.5. The molecule has 0 radical (unpaired) electrons. The molecule has 1 aliphatic rings. The van der Waals surface area contributed by atoms with E-state index in [0.717, 1.165) is 4.90 Å². The third-order valence-electron chi connectivity index (χ3n) is 4.62. The number of benzene rings is 2. The Hall–Kier alpha value is -2.88. The SMILES string of the molecule is CCOC(=O)COc1c(I)cc(/C=C2/NC(=O)N(CC(=O)Nc3ccccc3OC)C2=O)cc1I. The van der Waals surface area contributed by atoms with E-state index in [0.29, 0.717) is 29.9 Å². The first-order valence-corrected chi connectivity index (χ1v) is 12.4. The third kappa shape index (κ3) is 6.84. The molecule has 2 aromatic carbocycles. The maximum absolute atomic E-state index is 12.8. The summed E-state index contributed by atoms with van der Waals surface area (Å²) < 4.78 is 17.0. The fourth-order valence-corrected chi connectivity index (χ4v) is 5.23. The van der Waals surface area contributed by atoms with Gasteiger partial charge in [-0.15, -0.1) is 0 Å². The van der Waals surface area contributed by atoms with Crippen LogP contribution in [0.3, 0.4) is 0 Å². The van der Waals surface area contributed by atoms with Crippen LogP contribution in [0.15, 0.2) is 42.1 Å². The average molecular weight is 705 g/mol. The van der Waals surface area contributed by atoms with Crippen LogP contribution in [0.1, 0.15) is 12.5 Å². The maximum Gasteiger partial charge on any atom is 0.344 e. The highest BCUT2D eigenvalue weighted by Crippen LogP contribution is 2.30. The molecule has 184 valence electrons. The number of nitrogens with zero attached hydrogens (tertiary/aromatic N) is 1. The molecular weight excluding hydrogens is 684 g/mol. The van der Waals surface area contributed by atoms with Gasteiger partial charge in [-0.2, -0.15) is 0 Å². The van der Waals surface area contributed by atoms with Gasteiger partial charge in [0, 0.05) is 0 Å². The van der Waals surface area contributed by atoms with Crippen molar-refractivity contribution in [1.82, 2.24) is 10.2 Å². The summed E-state index contributed by atoms with van der Waals surface area (Å²) in [5.74, 6) is -0.681. The van der Waals surface area contributed by atoms with Crippen LogP contribution in [0.4, 0.5) is 10.5 Å². The maximum atomic E-state index is 12.8. The number of nitrogens with one attached hydrogen (secondary N) is 2. The van der Waals surface area contributed by atoms with Crippen LogP contribution in [0.2, 0.25) is 0 Å². The number of hydrogen-bond acceptors (Lipinski definition) is 7. The van der Waals surface area contributed by atoms with Gasteiger partial charge in [0.15, 0.2) is 6.61 Å². The average Bonchev–Trinajstić information content (AvgIpc) is 3.06. The highest BCUT2D eigenvalue weighted by atomic mass is 127. The normalized spacial score (nSPS) is 14.1. The minimum absolute atomic E-state index is 0.0342. The molecule has 2 aromatic rings. The number of para-hydroxylation sites is 2. The second kappa shape index (κ2) is 12.2. The molecule has 1 aliphatic heterocycles. The molecule has 0 bridgehead atoms. The van der Waals surface area contributed by atoms with Gasteiger partial charge >= 0.3 is 12.0 Å². The molecule has 0 aliphatic carbocycles. The molecule has 10 nitrogen and oxygen atoms in total. The molecule has 0 unspecified atom stereocenters. The molecule has 12 heteroatoms. The zero-order valence-electron chi connectivity index (χ0n) is 18.7. The van der Waals surface area contributed by atoms with Crippen molar-refractivity contribution >= 4 is 80.8 Å². The molecule has 1 fully saturated rings. The van der Waals surface area contributed by atoms with E-state index in [2.05, 4.69) is 55.8 Å². The van der Waals surface area contributed by atoms with Gasteiger partial charge in [-0.1, -0.05) is 12.1 Å². The third-order valence-corrected chi connectivity index (χ3v) is 6.22. The van der Waals surface area contributed by atoms with Crippen molar-refractivity contribution in [3.8, 4) is 11.5 Å². The number of carbonyl (C=O) groups excluding carboxylic acids is 4. The van der Waals surface area contributed by atoms with Crippen molar-refractivity contribution in [2.45, 2.75) is 6.92 Å². The van der Waals surface area contributed by atoms with Gasteiger partial charge in [-0.25, -0.2) is 14.5 Å².